The van der Waals surface area contributed by atoms with Gasteiger partial charge in [-0.2, -0.15) is 19.3 Å². The minimum absolute atomic E-state index is 0.0437. The normalized spacial score (nSPS) is 18.0. The lowest BCUT2D eigenvalue weighted by Crippen LogP contribution is -2.45. The lowest BCUT2D eigenvalue weighted by Gasteiger charge is -2.24. The first-order valence-corrected chi connectivity index (χ1v) is 8.94. The number of nitrogens with one attached hydrogen (secondary N) is 1. The van der Waals surface area contributed by atoms with Crippen molar-refractivity contribution in [2.75, 3.05) is 19.6 Å². The van der Waals surface area contributed by atoms with Gasteiger partial charge in [0.05, 0.1) is 25.0 Å². The molecule has 1 atom stereocenters. The Kier molecular flexibility index (Phi) is 7.26. The summed E-state index contributed by atoms with van der Waals surface area (Å²) in [6.45, 7) is -1.97. The molecule has 1 aromatic carbocycles. The number of halogens is 2. The average molecular weight is 419 g/mol. The van der Waals surface area contributed by atoms with Gasteiger partial charge in [-0.3, -0.25) is 14.5 Å². The largest absolute Gasteiger partial charge is 0.435 e. The molecule has 1 heterocycles. The number of benzene rings is 1. The molecule has 1 N–H and O–H groups in total. The van der Waals surface area contributed by atoms with Crippen LogP contribution in [0.3, 0.4) is 0 Å². The van der Waals surface area contributed by atoms with Crippen LogP contribution < -0.4 is 10.1 Å². The minimum atomic E-state index is -2.99. The van der Waals surface area contributed by atoms with Gasteiger partial charge in [-0.15, -0.1) is 0 Å². The molecule has 0 aromatic heterocycles. The molecule has 0 saturated carbocycles. The topological polar surface area (TPSA) is 127 Å². The van der Waals surface area contributed by atoms with Crippen LogP contribution in [0.2, 0.25) is 0 Å². The van der Waals surface area contributed by atoms with E-state index in [1.807, 2.05) is 12.1 Å². The molecule has 9 nitrogen and oxygen atoms in total. The van der Waals surface area contributed by atoms with Gasteiger partial charge in [-0.25, -0.2) is 4.79 Å². The molecule has 1 aliphatic heterocycles. The summed E-state index contributed by atoms with van der Waals surface area (Å²) in [5, 5.41) is 20.0. The molecule has 0 radical (unpaired) electrons. The maximum absolute atomic E-state index is 12.9. The number of alkyl halides is 2. The van der Waals surface area contributed by atoms with Crippen LogP contribution in [0.25, 0.3) is 0 Å². The van der Waals surface area contributed by atoms with E-state index in [9.17, 15) is 23.2 Å². The summed E-state index contributed by atoms with van der Waals surface area (Å²) in [6, 6.07) is 8.23. The van der Waals surface area contributed by atoms with Crippen LogP contribution in [0, 0.1) is 22.7 Å². The van der Waals surface area contributed by atoms with Gasteiger partial charge in [0.2, 0.25) is 5.91 Å². The number of imide groups is 1. The highest BCUT2D eigenvalue weighted by molar-refractivity contribution is 6.09. The molecular formula is C19H19F2N5O4. The fraction of sp³-hybridized carbons (Fsp3) is 0.421. The molecule has 4 amide bonds. The summed E-state index contributed by atoms with van der Waals surface area (Å²) in [7, 11) is 0. The van der Waals surface area contributed by atoms with E-state index >= 15 is 0 Å². The summed E-state index contributed by atoms with van der Waals surface area (Å²) in [5.41, 5.74) is -1.17. The number of amides is 4. The molecule has 1 fully saturated rings. The molecule has 2 rings (SSSR count). The Balaban J connectivity index is 2.15. The Labute approximate surface area is 171 Å². The van der Waals surface area contributed by atoms with Gasteiger partial charge in [0, 0.05) is 13.1 Å². The van der Waals surface area contributed by atoms with Crippen LogP contribution in [-0.2, 0) is 15.1 Å². The minimum Gasteiger partial charge on any atom is -0.435 e. The lowest BCUT2D eigenvalue weighted by molar-refractivity contribution is -0.138. The van der Waals surface area contributed by atoms with E-state index in [0.717, 1.165) is 4.90 Å². The monoisotopic (exact) mass is 419 g/mol. The number of carbonyl (C=O) groups is 3. The van der Waals surface area contributed by atoms with E-state index in [-0.39, 0.29) is 31.7 Å². The van der Waals surface area contributed by atoms with Gasteiger partial charge in [-0.1, -0.05) is 12.1 Å². The number of hydrogen-bond acceptors (Lipinski definition) is 6. The molecule has 0 bridgehead atoms. The fourth-order valence-electron chi connectivity index (χ4n) is 2.97. The second-order valence-electron chi connectivity index (χ2n) is 6.55. The van der Waals surface area contributed by atoms with Gasteiger partial charge >= 0.3 is 12.6 Å². The quantitative estimate of drug-likeness (QED) is 0.607. The predicted molar refractivity (Wildman–Crippen MR) is 97.7 cm³/mol. The summed E-state index contributed by atoms with van der Waals surface area (Å²) >= 11 is 0. The van der Waals surface area contributed by atoms with Crippen LogP contribution in [0.5, 0.6) is 5.75 Å². The fourth-order valence-corrected chi connectivity index (χ4v) is 2.97. The highest BCUT2D eigenvalue weighted by atomic mass is 19.3. The molecule has 0 aliphatic carbocycles. The summed E-state index contributed by atoms with van der Waals surface area (Å²) in [4.78, 5) is 39.8. The van der Waals surface area contributed by atoms with Crippen LogP contribution >= 0.6 is 0 Å². The molecule has 11 heteroatoms. The van der Waals surface area contributed by atoms with Crippen molar-refractivity contribution in [2.45, 2.75) is 31.9 Å². The number of nitriles is 2. The van der Waals surface area contributed by atoms with E-state index < -0.39 is 36.5 Å². The SMILES string of the molecule is CC1(c2ccc(OC(F)F)cc2)NC(=O)N(CC(=O)N(CCC#N)CCC#N)C1=O. The molecule has 1 saturated heterocycles. The van der Waals surface area contributed by atoms with Crippen molar-refractivity contribution >= 4 is 17.8 Å². The third-order valence-corrected chi connectivity index (χ3v) is 4.56. The highest BCUT2D eigenvalue weighted by Crippen LogP contribution is 2.30. The molecule has 1 unspecified atom stereocenters. The average Bonchev–Trinajstić information content (AvgIpc) is 2.92. The maximum atomic E-state index is 12.9. The number of nitrogens with zero attached hydrogens (tertiary/aromatic N) is 4. The number of carbonyl (C=O) groups excluding carboxylic acids is 3. The van der Waals surface area contributed by atoms with Crippen molar-refractivity contribution in [2.24, 2.45) is 0 Å². The number of ether oxygens (including phenoxy) is 1. The van der Waals surface area contributed by atoms with Crippen molar-refractivity contribution < 1.29 is 27.9 Å². The third kappa shape index (κ3) is 5.00. The first-order chi connectivity index (χ1) is 14.2. The van der Waals surface area contributed by atoms with E-state index in [1.54, 1.807) is 0 Å². The first-order valence-electron chi connectivity index (χ1n) is 8.94. The number of urea groups is 1. The van der Waals surface area contributed by atoms with E-state index in [2.05, 4.69) is 10.1 Å². The van der Waals surface area contributed by atoms with E-state index in [1.165, 1.54) is 36.1 Å². The summed E-state index contributed by atoms with van der Waals surface area (Å²) < 4.78 is 28.8. The highest BCUT2D eigenvalue weighted by Gasteiger charge is 2.49. The summed E-state index contributed by atoms with van der Waals surface area (Å²) in [6.07, 6.45) is 0.0874. The van der Waals surface area contributed by atoms with Crippen molar-refractivity contribution in [1.29, 1.82) is 10.5 Å². The zero-order chi connectivity index (χ0) is 22.3. The van der Waals surface area contributed by atoms with Gasteiger partial charge in [0.1, 0.15) is 17.8 Å². The maximum Gasteiger partial charge on any atom is 0.387 e. The summed E-state index contributed by atoms with van der Waals surface area (Å²) in [5.74, 6) is -1.37. The Hall–Kier alpha value is -3.73. The zero-order valence-corrected chi connectivity index (χ0v) is 16.1. The van der Waals surface area contributed by atoms with Crippen LogP contribution in [0.1, 0.15) is 25.3 Å². The van der Waals surface area contributed by atoms with Crippen molar-refractivity contribution in [3.8, 4) is 17.9 Å². The zero-order valence-electron chi connectivity index (χ0n) is 16.1. The second kappa shape index (κ2) is 9.65. The predicted octanol–water partition coefficient (Wildman–Crippen LogP) is 1.71. The van der Waals surface area contributed by atoms with Crippen LogP contribution in [-0.4, -0.2) is 53.9 Å². The third-order valence-electron chi connectivity index (χ3n) is 4.56. The number of rotatable bonds is 9. The first kappa shape index (κ1) is 22.6. The van der Waals surface area contributed by atoms with Crippen LogP contribution in [0.15, 0.2) is 24.3 Å². The Morgan fingerprint density at radius 2 is 1.77 bits per heavy atom. The Bertz CT molecular complexity index is 876. The molecule has 1 aromatic rings. The number of hydrogen-bond donors (Lipinski definition) is 1. The molecule has 0 spiro atoms. The Morgan fingerprint density at radius 3 is 2.27 bits per heavy atom. The molecule has 158 valence electrons. The van der Waals surface area contributed by atoms with Crippen molar-refractivity contribution in [3.05, 3.63) is 29.8 Å². The van der Waals surface area contributed by atoms with Gasteiger partial charge in [0.15, 0.2) is 0 Å². The van der Waals surface area contributed by atoms with Gasteiger partial charge < -0.3 is 15.0 Å². The van der Waals surface area contributed by atoms with Gasteiger partial charge in [0.25, 0.3) is 5.91 Å². The van der Waals surface area contributed by atoms with Crippen molar-refractivity contribution in [3.63, 3.8) is 0 Å². The molecular weight excluding hydrogens is 400 g/mol. The van der Waals surface area contributed by atoms with Gasteiger partial charge in [-0.05, 0) is 24.6 Å². The second-order valence-corrected chi connectivity index (χ2v) is 6.55. The lowest BCUT2D eigenvalue weighted by atomic mass is 9.92. The molecule has 30 heavy (non-hydrogen) atoms. The Morgan fingerprint density at radius 1 is 1.20 bits per heavy atom. The standard InChI is InChI=1S/C19H19F2N5O4/c1-19(13-4-6-14(7-5-13)30-17(20)21)16(28)26(18(29)24-19)12-15(27)25(10-2-8-22)11-3-9-23/h4-7,17H,2-3,10-12H2,1H3,(H,24,29). The smallest absolute Gasteiger partial charge is 0.387 e. The van der Waals surface area contributed by atoms with E-state index in [0.29, 0.717) is 5.56 Å². The van der Waals surface area contributed by atoms with Crippen molar-refractivity contribution in [1.82, 2.24) is 15.1 Å². The van der Waals surface area contributed by atoms with Crippen LogP contribution in [0.4, 0.5) is 13.6 Å². The van der Waals surface area contributed by atoms with E-state index in [4.69, 9.17) is 10.5 Å². The molecule has 1 aliphatic rings.